The zero-order valence-electron chi connectivity index (χ0n) is 8.67. The van der Waals surface area contributed by atoms with Crippen molar-refractivity contribution < 1.29 is 24.4 Å². The molecule has 2 aliphatic rings. The fraction of sp³-hybridized carbons (Fsp3) is 0.800. The van der Waals surface area contributed by atoms with Crippen LogP contribution in [0, 0.1) is 0 Å². The summed E-state index contributed by atoms with van der Waals surface area (Å²) in [4.78, 5) is 0. The Hall–Kier alpha value is -0.460. The summed E-state index contributed by atoms with van der Waals surface area (Å²) in [5.74, 6) is 0. The molecule has 0 spiro atoms. The molecule has 2 fully saturated rings. The molecule has 2 heterocycles. The van der Waals surface area contributed by atoms with E-state index in [2.05, 4.69) is 0 Å². The van der Waals surface area contributed by atoms with E-state index in [1.165, 1.54) is 12.2 Å². The fourth-order valence-electron chi connectivity index (χ4n) is 0.809. The smallest absolute Gasteiger partial charge is 0.104 e. The van der Waals surface area contributed by atoms with Gasteiger partial charge in [0.1, 0.15) is 12.2 Å². The molecular weight excluding hydrogens is 200 g/mol. The minimum atomic E-state index is 0.0144. The molecule has 0 saturated carbocycles. The Kier molecular flexibility index (Phi) is 6.54. The average molecular weight is 218 g/mol. The number of rotatable bonds is 6. The third-order valence-corrected chi connectivity index (χ3v) is 1.79. The molecule has 0 bridgehead atoms. The molecule has 5 heteroatoms. The summed E-state index contributed by atoms with van der Waals surface area (Å²) in [6, 6.07) is 0. The van der Waals surface area contributed by atoms with E-state index in [4.69, 9.17) is 24.4 Å². The second kappa shape index (κ2) is 7.78. The highest BCUT2D eigenvalue weighted by Gasteiger charge is 2.26. The van der Waals surface area contributed by atoms with E-state index in [0.717, 1.165) is 26.4 Å². The number of epoxide rings is 2. The van der Waals surface area contributed by atoms with Crippen LogP contribution in [-0.2, 0) is 14.2 Å². The van der Waals surface area contributed by atoms with E-state index in [0.29, 0.717) is 12.2 Å². The molecule has 2 N–H and O–H groups in total. The Morgan fingerprint density at radius 1 is 1.00 bits per heavy atom. The van der Waals surface area contributed by atoms with Gasteiger partial charge >= 0.3 is 0 Å². The van der Waals surface area contributed by atoms with Crippen molar-refractivity contribution in [3.05, 3.63) is 12.2 Å². The molecule has 0 radical (unpaired) electrons. The Morgan fingerprint density at radius 2 is 1.40 bits per heavy atom. The average Bonchev–Trinajstić information content (AvgIpc) is 3.08. The molecule has 2 aliphatic heterocycles. The van der Waals surface area contributed by atoms with Gasteiger partial charge in [0.25, 0.3) is 0 Å². The predicted molar refractivity (Wildman–Crippen MR) is 53.6 cm³/mol. The molecule has 5 nitrogen and oxygen atoms in total. The lowest BCUT2D eigenvalue weighted by Gasteiger charge is -1.95. The van der Waals surface area contributed by atoms with Gasteiger partial charge in [-0.3, -0.25) is 0 Å². The first kappa shape index (κ1) is 12.6. The molecule has 88 valence electrons. The summed E-state index contributed by atoms with van der Waals surface area (Å²) < 4.78 is 15.1. The van der Waals surface area contributed by atoms with Crippen LogP contribution in [-0.4, -0.2) is 62.1 Å². The van der Waals surface area contributed by atoms with Crippen molar-refractivity contribution in [2.45, 2.75) is 12.2 Å². The first-order valence-corrected chi connectivity index (χ1v) is 5.04. The molecule has 2 saturated heterocycles. The van der Waals surface area contributed by atoms with Crippen LogP contribution in [0.4, 0.5) is 0 Å². The highest BCUT2D eigenvalue weighted by Crippen LogP contribution is 2.12. The number of aliphatic hydroxyl groups is 2. The lowest BCUT2D eigenvalue weighted by Crippen LogP contribution is -2.06. The van der Waals surface area contributed by atoms with E-state index in [1.807, 2.05) is 0 Å². The second-order valence-corrected chi connectivity index (χ2v) is 3.28. The van der Waals surface area contributed by atoms with Crippen molar-refractivity contribution >= 4 is 0 Å². The molecule has 2 rings (SSSR count). The molecule has 2 unspecified atom stereocenters. The van der Waals surface area contributed by atoms with E-state index >= 15 is 0 Å². The van der Waals surface area contributed by atoms with Crippen LogP contribution in [0.2, 0.25) is 0 Å². The van der Waals surface area contributed by atoms with Crippen molar-refractivity contribution in [2.75, 3.05) is 39.6 Å². The molecule has 2 atom stereocenters. The number of aliphatic hydroxyl groups excluding tert-OH is 2. The topological polar surface area (TPSA) is 74.8 Å². The monoisotopic (exact) mass is 218 g/mol. The van der Waals surface area contributed by atoms with Gasteiger partial charge in [0.2, 0.25) is 0 Å². The Morgan fingerprint density at radius 3 is 1.67 bits per heavy atom. The van der Waals surface area contributed by atoms with E-state index in [1.54, 1.807) is 0 Å². The summed E-state index contributed by atoms with van der Waals surface area (Å²) in [5.41, 5.74) is 0. The summed E-state index contributed by atoms with van der Waals surface area (Å²) in [6.45, 7) is 3.29. The maximum atomic E-state index is 8.00. The Labute approximate surface area is 89.3 Å². The van der Waals surface area contributed by atoms with Gasteiger partial charge in [0, 0.05) is 0 Å². The van der Waals surface area contributed by atoms with Gasteiger partial charge in [-0.15, -0.1) is 0 Å². The van der Waals surface area contributed by atoms with Crippen molar-refractivity contribution in [3.8, 4) is 0 Å². The summed E-state index contributed by atoms with van der Waals surface area (Å²) >= 11 is 0. The SMILES string of the molecule is C(OCC1CO1)C1CO1.OC/C=C\CO. The number of ether oxygens (including phenoxy) is 3. The van der Waals surface area contributed by atoms with Gasteiger partial charge in [0.15, 0.2) is 0 Å². The number of hydrogen-bond donors (Lipinski definition) is 2. The van der Waals surface area contributed by atoms with E-state index in [-0.39, 0.29) is 13.2 Å². The quantitative estimate of drug-likeness (QED) is 0.457. The Bertz CT molecular complexity index is 157. The van der Waals surface area contributed by atoms with Crippen LogP contribution in [0.15, 0.2) is 12.2 Å². The summed E-state index contributed by atoms with van der Waals surface area (Å²) in [6.07, 6.45) is 3.76. The van der Waals surface area contributed by atoms with E-state index in [9.17, 15) is 0 Å². The van der Waals surface area contributed by atoms with Crippen LogP contribution in [0.5, 0.6) is 0 Å². The summed E-state index contributed by atoms with van der Waals surface area (Å²) in [5, 5.41) is 16.0. The second-order valence-electron chi connectivity index (χ2n) is 3.28. The van der Waals surface area contributed by atoms with Gasteiger partial charge in [-0.25, -0.2) is 0 Å². The molecule has 0 aliphatic carbocycles. The molecule has 0 aromatic heterocycles. The first-order chi connectivity index (χ1) is 7.36. The predicted octanol–water partition coefficient (Wildman–Crippen LogP) is -0.672. The Balaban J connectivity index is 0.000000167. The molecule has 0 amide bonds. The third-order valence-electron chi connectivity index (χ3n) is 1.79. The van der Waals surface area contributed by atoms with Crippen LogP contribution >= 0.6 is 0 Å². The first-order valence-electron chi connectivity index (χ1n) is 5.04. The molecule has 0 aromatic rings. The molecule has 15 heavy (non-hydrogen) atoms. The third kappa shape index (κ3) is 8.53. The highest BCUT2D eigenvalue weighted by atomic mass is 16.6. The highest BCUT2D eigenvalue weighted by molar-refractivity contribution is 4.78. The maximum absolute atomic E-state index is 8.00. The van der Waals surface area contributed by atoms with Crippen LogP contribution in [0.1, 0.15) is 0 Å². The largest absolute Gasteiger partial charge is 0.392 e. The van der Waals surface area contributed by atoms with Crippen LogP contribution in [0.3, 0.4) is 0 Å². The van der Waals surface area contributed by atoms with Crippen molar-refractivity contribution in [2.24, 2.45) is 0 Å². The van der Waals surface area contributed by atoms with Gasteiger partial charge in [0.05, 0.1) is 39.6 Å². The molecular formula is C10H18O5. The lowest BCUT2D eigenvalue weighted by atomic mass is 10.5. The minimum Gasteiger partial charge on any atom is -0.392 e. The van der Waals surface area contributed by atoms with Gasteiger partial charge in [-0.1, -0.05) is 12.2 Å². The number of hydrogen-bond acceptors (Lipinski definition) is 5. The maximum Gasteiger partial charge on any atom is 0.104 e. The zero-order valence-corrected chi connectivity index (χ0v) is 8.67. The van der Waals surface area contributed by atoms with E-state index < -0.39 is 0 Å². The minimum absolute atomic E-state index is 0.0144. The fourth-order valence-corrected chi connectivity index (χ4v) is 0.809. The standard InChI is InChI=1S/C6H10O3.C4H8O2/c1(5-3-8-5)7-2-6-4-9-6;5-3-1-2-4-6/h5-6H,1-4H2;1-2,5-6H,3-4H2/b;2-1-. The van der Waals surface area contributed by atoms with Crippen molar-refractivity contribution in [1.29, 1.82) is 0 Å². The molecule has 0 aromatic carbocycles. The van der Waals surface area contributed by atoms with Gasteiger partial charge < -0.3 is 24.4 Å². The summed E-state index contributed by atoms with van der Waals surface area (Å²) in [7, 11) is 0. The zero-order chi connectivity index (χ0) is 10.9. The normalized spacial score (nSPS) is 27.3. The van der Waals surface area contributed by atoms with Gasteiger partial charge in [-0.2, -0.15) is 0 Å². The lowest BCUT2D eigenvalue weighted by molar-refractivity contribution is 0.102. The van der Waals surface area contributed by atoms with Crippen molar-refractivity contribution in [3.63, 3.8) is 0 Å². The van der Waals surface area contributed by atoms with Crippen LogP contribution < -0.4 is 0 Å². The van der Waals surface area contributed by atoms with Crippen molar-refractivity contribution in [1.82, 2.24) is 0 Å². The van der Waals surface area contributed by atoms with Crippen LogP contribution in [0.25, 0.3) is 0 Å². The van der Waals surface area contributed by atoms with Gasteiger partial charge in [-0.05, 0) is 0 Å².